The summed E-state index contributed by atoms with van der Waals surface area (Å²) in [6.45, 7) is 0. The Bertz CT molecular complexity index is 227. The van der Waals surface area contributed by atoms with Crippen molar-refractivity contribution >= 4 is 71.7 Å². The molecule has 0 aliphatic carbocycles. The van der Waals surface area contributed by atoms with Gasteiger partial charge in [-0.2, -0.15) is 0 Å². The Kier molecular flexibility index (Phi) is 74.8. The summed E-state index contributed by atoms with van der Waals surface area (Å²) in [6.07, 6.45) is 0. The minimum atomic E-state index is -4.09. The second-order valence-electron chi connectivity index (χ2n) is 0.714. The van der Waals surface area contributed by atoms with Gasteiger partial charge in [-0.05, 0) is 0 Å². The van der Waals surface area contributed by atoms with Crippen LogP contribution in [-0.2, 0) is 98.2 Å². The van der Waals surface area contributed by atoms with E-state index in [0.29, 0.717) is 0 Å². The Labute approximate surface area is 179 Å². The molecular weight excluding hydrogens is 1080 g/mol. The van der Waals surface area contributed by atoms with Gasteiger partial charge in [0.2, 0.25) is 0 Å². The van der Waals surface area contributed by atoms with Gasteiger partial charge in [-0.15, -0.1) is 0 Å². The fourth-order valence-electron chi connectivity index (χ4n) is 0. The SMILES string of the molecule is [BiH3].[H-].[H-].[Nb].[O]=[Ta](=[O])[OH].[O]=[Ta](=[O])[OH].[O]=[Ta](=[O])[OH].[Sr+2]. The van der Waals surface area contributed by atoms with Crippen LogP contribution in [0.4, 0.5) is 0 Å². The molecule has 9 nitrogen and oxygen atoms in total. The Hall–Kier alpha value is 4.00. The average Bonchev–Trinajstić information content (AvgIpc) is 1.54. The van der Waals surface area contributed by atoms with Crippen molar-refractivity contribution < 1.29 is 112 Å². The molecule has 15 heteroatoms. The maximum atomic E-state index is 8.73. The van der Waals surface area contributed by atoms with Crippen molar-refractivity contribution in [1.29, 1.82) is 0 Å². The van der Waals surface area contributed by atoms with Crippen LogP contribution in [0.15, 0.2) is 0 Å². The molecule has 0 aromatic heterocycles. The van der Waals surface area contributed by atoms with Crippen molar-refractivity contribution in [3.63, 3.8) is 0 Å². The van der Waals surface area contributed by atoms with Crippen LogP contribution in [0.3, 0.4) is 0 Å². The molecule has 0 bridgehead atoms. The monoisotopic (exact) mass is 1080 g/mol. The first kappa shape index (κ1) is 36.4. The van der Waals surface area contributed by atoms with Crippen LogP contribution in [0.1, 0.15) is 2.85 Å². The Morgan fingerprint density at radius 2 is 0.667 bits per heavy atom. The second-order valence-corrected chi connectivity index (χ2v) is 5.84. The molecule has 0 spiro atoms. The normalized spacial score (nSPS) is 5.00. The third kappa shape index (κ3) is 288. The molecular formula is H8BiNbO9SrTa3. The molecule has 0 aliphatic heterocycles. The van der Waals surface area contributed by atoms with Gasteiger partial charge in [0.05, 0.1) is 0 Å². The predicted octanol–water partition coefficient (Wildman–Crippen LogP) is -3.73. The Morgan fingerprint density at radius 1 is 0.667 bits per heavy atom. The Morgan fingerprint density at radius 3 is 0.667 bits per heavy atom. The largest absolute Gasteiger partial charge is 2.00 e. The Balaban J connectivity index is -0.0000000104. The van der Waals surface area contributed by atoms with Crippen molar-refractivity contribution in [2.75, 3.05) is 0 Å². The minimum absolute atomic E-state index is 0. The van der Waals surface area contributed by atoms with Crippen LogP contribution >= 0.6 is 0 Å². The standard InChI is InChI=1S/Bi.Nb.3H2O.6O.Sr.3Ta.5H/h;;3*1H2;;;;;;;;;;;;;;;/q;;;;;;;;;;;+2;3*+1;;;;2*-1/p-3. The van der Waals surface area contributed by atoms with Gasteiger partial charge < -0.3 is 2.85 Å². The van der Waals surface area contributed by atoms with Crippen LogP contribution in [0, 0.1) is 0 Å². The van der Waals surface area contributed by atoms with E-state index in [4.69, 9.17) is 30.3 Å². The molecule has 0 atom stereocenters. The van der Waals surface area contributed by atoms with Crippen molar-refractivity contribution in [2.24, 2.45) is 0 Å². The summed E-state index contributed by atoms with van der Waals surface area (Å²) in [5.74, 6) is 0. The molecule has 0 aromatic rings. The van der Waals surface area contributed by atoms with Gasteiger partial charge in [0.15, 0.2) is 0 Å². The van der Waals surface area contributed by atoms with Gasteiger partial charge in [0.25, 0.3) is 0 Å². The molecule has 1 radical (unpaired) electrons. The van der Waals surface area contributed by atoms with E-state index in [9.17, 15) is 0 Å². The summed E-state index contributed by atoms with van der Waals surface area (Å²) < 4.78 is 73.8. The van der Waals surface area contributed by atoms with Gasteiger partial charge in [0.1, 0.15) is 0 Å². The van der Waals surface area contributed by atoms with Crippen LogP contribution < -0.4 is 0 Å². The zero-order valence-electron chi connectivity index (χ0n) is 8.99. The molecule has 0 heterocycles. The van der Waals surface area contributed by atoms with E-state index in [2.05, 4.69) is 0 Å². The van der Waals surface area contributed by atoms with Crippen molar-refractivity contribution in [3.05, 3.63) is 0 Å². The first-order chi connectivity index (χ1) is 5.20. The summed E-state index contributed by atoms with van der Waals surface area (Å²) >= 11 is -12.3. The summed E-state index contributed by atoms with van der Waals surface area (Å²) in [4.78, 5) is 0. The van der Waals surface area contributed by atoms with E-state index in [0.717, 1.165) is 0 Å². The first-order valence-corrected chi connectivity index (χ1v) is 13.9. The van der Waals surface area contributed by atoms with Gasteiger partial charge in [-0.1, -0.05) is 0 Å². The molecule has 0 unspecified atom stereocenters. The van der Waals surface area contributed by atoms with Gasteiger partial charge >= 0.3 is 158 Å². The van der Waals surface area contributed by atoms with E-state index in [-0.39, 0.29) is 96.9 Å². The maximum Gasteiger partial charge on any atom is 2.00 e. The third-order valence-electron chi connectivity index (χ3n) is 0. The van der Waals surface area contributed by atoms with Gasteiger partial charge in [-0.25, -0.2) is 0 Å². The van der Waals surface area contributed by atoms with E-state index in [1.165, 1.54) is 0 Å². The predicted molar refractivity (Wildman–Crippen MR) is 28.7 cm³/mol. The van der Waals surface area contributed by atoms with E-state index < -0.39 is 56.4 Å². The fourth-order valence-corrected chi connectivity index (χ4v) is 0. The van der Waals surface area contributed by atoms with Gasteiger partial charge in [0, 0.05) is 22.4 Å². The van der Waals surface area contributed by atoms with E-state index in [1.807, 2.05) is 0 Å². The summed E-state index contributed by atoms with van der Waals surface area (Å²) in [6, 6.07) is 0. The molecule has 0 rings (SSSR count). The smallest absolute Gasteiger partial charge is 2.00 e. The van der Waals surface area contributed by atoms with Crippen LogP contribution in [-0.4, -0.2) is 82.5 Å². The molecule has 0 saturated heterocycles. The van der Waals surface area contributed by atoms with E-state index >= 15 is 0 Å². The quantitative estimate of drug-likeness (QED) is 0.207. The van der Waals surface area contributed by atoms with Gasteiger partial charge in [-0.3, -0.25) is 0 Å². The van der Waals surface area contributed by atoms with E-state index in [1.54, 1.807) is 0 Å². The molecule has 89 valence electrons. The third-order valence-corrected chi connectivity index (χ3v) is 0. The van der Waals surface area contributed by atoms with Crippen molar-refractivity contribution in [1.82, 2.24) is 0 Å². The second kappa shape index (κ2) is 30.8. The summed E-state index contributed by atoms with van der Waals surface area (Å²) in [5, 5.41) is 0. The summed E-state index contributed by atoms with van der Waals surface area (Å²) in [7, 11) is 0. The zero-order valence-corrected chi connectivity index (χ0v) is 27.8. The van der Waals surface area contributed by atoms with Crippen LogP contribution in [0.25, 0.3) is 0 Å². The molecule has 0 amide bonds. The molecule has 15 heavy (non-hydrogen) atoms. The molecule has 0 aromatic carbocycles. The minimum Gasteiger partial charge on any atom is 2.00 e. The fraction of sp³-hybridized carbons (Fsp3) is 0. The topological polar surface area (TPSA) is 163 Å². The van der Waals surface area contributed by atoms with Crippen molar-refractivity contribution in [3.8, 4) is 0 Å². The van der Waals surface area contributed by atoms with Crippen LogP contribution in [0.5, 0.6) is 0 Å². The van der Waals surface area contributed by atoms with Crippen molar-refractivity contribution in [2.45, 2.75) is 0 Å². The zero-order chi connectivity index (χ0) is 10.7. The van der Waals surface area contributed by atoms with Crippen LogP contribution in [0.2, 0.25) is 0 Å². The molecule has 3 N–H and O–H groups in total. The summed E-state index contributed by atoms with van der Waals surface area (Å²) in [5.41, 5.74) is 0. The molecule has 0 saturated carbocycles. The molecule has 0 fully saturated rings. The first-order valence-electron chi connectivity index (χ1n) is 1.70. The number of hydrogen-bond acceptors (Lipinski definition) is 6. The molecule has 0 aliphatic rings. The average molecular weight is 1080 g/mol. The number of hydrogen-bond donors (Lipinski definition) is 3. The maximum absolute atomic E-state index is 8.73. The number of rotatable bonds is 0.